The van der Waals surface area contributed by atoms with Crippen LogP contribution < -0.4 is 5.32 Å². The van der Waals surface area contributed by atoms with Crippen LogP contribution in [-0.4, -0.2) is 29.0 Å². The molecule has 2 aromatic rings. The van der Waals surface area contributed by atoms with Crippen LogP contribution in [0.1, 0.15) is 11.3 Å². The van der Waals surface area contributed by atoms with Crippen LogP contribution in [0.5, 0.6) is 0 Å². The number of hydrogen-bond acceptors (Lipinski definition) is 4. The van der Waals surface area contributed by atoms with Crippen LogP contribution >= 0.6 is 0 Å². The molecule has 0 saturated heterocycles. The molecule has 0 unspecified atom stereocenters. The quantitative estimate of drug-likeness (QED) is 0.872. The maximum Gasteiger partial charge on any atom is 0.0777 e. The number of hydrogen-bond donors (Lipinski definition) is 1. The third-order valence-corrected chi connectivity index (χ3v) is 2.52. The van der Waals surface area contributed by atoms with Gasteiger partial charge in [-0.15, -0.1) is 0 Å². The number of benzene rings is 1. The first-order chi connectivity index (χ1) is 8.74. The lowest BCUT2D eigenvalue weighted by Gasteiger charge is -2.11. The molecule has 94 valence electrons. The summed E-state index contributed by atoms with van der Waals surface area (Å²) in [5.74, 6) is 0. The molecule has 1 aromatic heterocycles. The van der Waals surface area contributed by atoms with Crippen LogP contribution in [0.15, 0.2) is 42.9 Å². The highest BCUT2D eigenvalue weighted by Crippen LogP contribution is 2.12. The van der Waals surface area contributed by atoms with E-state index in [0.717, 1.165) is 17.9 Å². The second-order valence-electron chi connectivity index (χ2n) is 4.49. The van der Waals surface area contributed by atoms with E-state index < -0.39 is 0 Å². The van der Waals surface area contributed by atoms with Gasteiger partial charge in [-0.3, -0.25) is 9.97 Å². The molecule has 4 nitrogen and oxygen atoms in total. The fraction of sp³-hybridized carbons (Fsp3) is 0.286. The number of nitrogens with one attached hydrogen (secondary N) is 1. The molecule has 2 rings (SSSR count). The third kappa shape index (κ3) is 3.82. The zero-order valence-electron chi connectivity index (χ0n) is 10.8. The van der Waals surface area contributed by atoms with Crippen LogP contribution in [0.2, 0.25) is 0 Å². The lowest BCUT2D eigenvalue weighted by Crippen LogP contribution is -2.10. The Bertz CT molecular complexity index is 482. The summed E-state index contributed by atoms with van der Waals surface area (Å²) in [6, 6.07) is 8.43. The zero-order valence-corrected chi connectivity index (χ0v) is 10.8. The van der Waals surface area contributed by atoms with Crippen molar-refractivity contribution in [2.45, 2.75) is 13.1 Å². The number of rotatable bonds is 5. The molecule has 0 amide bonds. The Hall–Kier alpha value is -1.94. The van der Waals surface area contributed by atoms with Gasteiger partial charge >= 0.3 is 0 Å². The minimum atomic E-state index is 0.694. The molecule has 0 atom stereocenters. The average Bonchev–Trinajstić information content (AvgIpc) is 2.37. The Morgan fingerprint density at radius 1 is 1.22 bits per heavy atom. The smallest absolute Gasteiger partial charge is 0.0777 e. The maximum absolute atomic E-state index is 4.23. The van der Waals surface area contributed by atoms with Crippen molar-refractivity contribution in [3.05, 3.63) is 54.1 Å². The SMILES string of the molecule is CN(C)Cc1cccc(NCc2cnccn2)c1. The largest absolute Gasteiger partial charge is 0.379 e. The summed E-state index contributed by atoms with van der Waals surface area (Å²) in [6.07, 6.45) is 5.16. The lowest BCUT2D eigenvalue weighted by atomic mass is 10.2. The molecule has 0 bridgehead atoms. The van der Waals surface area contributed by atoms with Gasteiger partial charge in [0.25, 0.3) is 0 Å². The van der Waals surface area contributed by atoms with Crippen LogP contribution in [0, 0.1) is 0 Å². The van der Waals surface area contributed by atoms with Crippen molar-refractivity contribution < 1.29 is 0 Å². The van der Waals surface area contributed by atoms with Gasteiger partial charge in [0.05, 0.1) is 18.4 Å². The fourth-order valence-corrected chi connectivity index (χ4v) is 1.76. The van der Waals surface area contributed by atoms with E-state index in [1.54, 1.807) is 18.6 Å². The molecule has 0 radical (unpaired) electrons. The van der Waals surface area contributed by atoms with Gasteiger partial charge in [-0.1, -0.05) is 12.1 Å². The molecule has 1 heterocycles. The van der Waals surface area contributed by atoms with Crippen molar-refractivity contribution in [1.29, 1.82) is 0 Å². The van der Waals surface area contributed by atoms with Crippen molar-refractivity contribution >= 4 is 5.69 Å². The number of aromatic nitrogens is 2. The highest BCUT2D eigenvalue weighted by Gasteiger charge is 1.98. The predicted octanol–water partition coefficient (Wildman–Crippen LogP) is 2.15. The van der Waals surface area contributed by atoms with E-state index in [1.165, 1.54) is 5.56 Å². The van der Waals surface area contributed by atoms with Gasteiger partial charge in [0.2, 0.25) is 0 Å². The van der Waals surface area contributed by atoms with E-state index in [9.17, 15) is 0 Å². The number of anilines is 1. The molecule has 1 aromatic carbocycles. The molecule has 0 spiro atoms. The predicted molar refractivity (Wildman–Crippen MR) is 73.2 cm³/mol. The first-order valence-electron chi connectivity index (χ1n) is 5.96. The summed E-state index contributed by atoms with van der Waals surface area (Å²) < 4.78 is 0. The van der Waals surface area contributed by atoms with Crippen molar-refractivity contribution in [2.24, 2.45) is 0 Å². The second-order valence-corrected chi connectivity index (χ2v) is 4.49. The Balaban J connectivity index is 1.97. The van der Waals surface area contributed by atoms with Gasteiger partial charge < -0.3 is 10.2 Å². The average molecular weight is 242 g/mol. The monoisotopic (exact) mass is 242 g/mol. The Labute approximate surface area is 108 Å². The topological polar surface area (TPSA) is 41.0 Å². The molecule has 0 aliphatic rings. The summed E-state index contributed by atoms with van der Waals surface area (Å²) in [5, 5.41) is 3.35. The summed E-state index contributed by atoms with van der Waals surface area (Å²) >= 11 is 0. The minimum absolute atomic E-state index is 0.694. The Kier molecular flexibility index (Phi) is 4.25. The normalized spacial score (nSPS) is 10.6. The number of nitrogens with zero attached hydrogens (tertiary/aromatic N) is 3. The molecular weight excluding hydrogens is 224 g/mol. The summed E-state index contributed by atoms with van der Waals surface area (Å²) in [4.78, 5) is 10.4. The van der Waals surface area contributed by atoms with Crippen molar-refractivity contribution in [2.75, 3.05) is 19.4 Å². The van der Waals surface area contributed by atoms with Crippen molar-refractivity contribution in [3.63, 3.8) is 0 Å². The van der Waals surface area contributed by atoms with E-state index in [2.05, 4.69) is 58.5 Å². The first kappa shape index (κ1) is 12.5. The molecule has 1 N–H and O–H groups in total. The van der Waals surface area contributed by atoms with Gasteiger partial charge in [-0.2, -0.15) is 0 Å². The summed E-state index contributed by atoms with van der Waals surface area (Å²) in [7, 11) is 4.14. The Morgan fingerprint density at radius 3 is 2.83 bits per heavy atom. The lowest BCUT2D eigenvalue weighted by molar-refractivity contribution is 0.402. The summed E-state index contributed by atoms with van der Waals surface area (Å²) in [5.41, 5.74) is 3.35. The minimum Gasteiger partial charge on any atom is -0.379 e. The van der Waals surface area contributed by atoms with Crippen molar-refractivity contribution in [3.8, 4) is 0 Å². The van der Waals surface area contributed by atoms with Gasteiger partial charge in [0, 0.05) is 24.6 Å². The van der Waals surface area contributed by atoms with E-state index in [4.69, 9.17) is 0 Å². The van der Waals surface area contributed by atoms with E-state index >= 15 is 0 Å². The standard InChI is InChI=1S/C14H18N4/c1-18(2)11-12-4-3-5-13(8-12)17-10-14-9-15-6-7-16-14/h3-9,17H,10-11H2,1-2H3. The molecule has 18 heavy (non-hydrogen) atoms. The second kappa shape index (κ2) is 6.12. The van der Waals surface area contributed by atoms with E-state index in [0.29, 0.717) is 6.54 Å². The first-order valence-corrected chi connectivity index (χ1v) is 5.96. The molecule has 4 heteroatoms. The van der Waals surface area contributed by atoms with Crippen LogP contribution in [0.3, 0.4) is 0 Å². The highest BCUT2D eigenvalue weighted by atomic mass is 15.0. The zero-order chi connectivity index (χ0) is 12.8. The van der Waals surface area contributed by atoms with Gasteiger partial charge in [0.15, 0.2) is 0 Å². The third-order valence-electron chi connectivity index (χ3n) is 2.52. The van der Waals surface area contributed by atoms with Crippen LogP contribution in [-0.2, 0) is 13.1 Å². The van der Waals surface area contributed by atoms with E-state index in [-0.39, 0.29) is 0 Å². The van der Waals surface area contributed by atoms with Gasteiger partial charge in [-0.25, -0.2) is 0 Å². The molecule has 0 aliphatic carbocycles. The van der Waals surface area contributed by atoms with Gasteiger partial charge in [-0.05, 0) is 31.8 Å². The highest BCUT2D eigenvalue weighted by molar-refractivity contribution is 5.45. The summed E-state index contributed by atoms with van der Waals surface area (Å²) in [6.45, 7) is 1.64. The maximum atomic E-state index is 4.23. The molecule has 0 aliphatic heterocycles. The van der Waals surface area contributed by atoms with Crippen molar-refractivity contribution in [1.82, 2.24) is 14.9 Å². The molecule has 0 fully saturated rings. The van der Waals surface area contributed by atoms with Crippen LogP contribution in [0.4, 0.5) is 5.69 Å². The van der Waals surface area contributed by atoms with Crippen LogP contribution in [0.25, 0.3) is 0 Å². The molecular formula is C14H18N4. The van der Waals surface area contributed by atoms with Gasteiger partial charge in [0.1, 0.15) is 0 Å². The molecule has 0 saturated carbocycles. The van der Waals surface area contributed by atoms with E-state index in [1.807, 2.05) is 0 Å². The Morgan fingerprint density at radius 2 is 2.11 bits per heavy atom. The fourth-order valence-electron chi connectivity index (χ4n) is 1.76.